The van der Waals surface area contributed by atoms with E-state index in [0.29, 0.717) is 0 Å². The van der Waals surface area contributed by atoms with Crippen LogP contribution in [0.2, 0.25) is 0 Å². The molecule has 2 rings (SSSR count). The van der Waals surface area contributed by atoms with Crippen LogP contribution in [0, 0.1) is 0 Å². The summed E-state index contributed by atoms with van der Waals surface area (Å²) in [5, 5.41) is 35.3. The highest BCUT2D eigenvalue weighted by Gasteiger charge is 2.36. The van der Waals surface area contributed by atoms with Crippen molar-refractivity contribution in [2.24, 2.45) is 0 Å². The van der Waals surface area contributed by atoms with Crippen LogP contribution < -0.4 is 11.2 Å². The summed E-state index contributed by atoms with van der Waals surface area (Å²) < 4.78 is 4.47. The number of aliphatic hydroxyl groups is 4. The van der Waals surface area contributed by atoms with E-state index in [9.17, 15) is 9.59 Å². The Balaban J connectivity index is 0.000000184. The lowest BCUT2D eigenvalue weighted by molar-refractivity contribution is -0.252. The van der Waals surface area contributed by atoms with Gasteiger partial charge in [-0.3, -0.25) is 9.78 Å². The van der Waals surface area contributed by atoms with Gasteiger partial charge in [-0.2, -0.15) is 0 Å². The summed E-state index contributed by atoms with van der Waals surface area (Å²) in [6.45, 7) is -0.153. The van der Waals surface area contributed by atoms with Gasteiger partial charge >= 0.3 is 5.69 Å². The van der Waals surface area contributed by atoms with Crippen molar-refractivity contribution in [3.05, 3.63) is 33.1 Å². The SMILES string of the molecule is O=c1cc[nH]c(=O)[nH]1.OC1OC[C@@H](O)[C@H](O)[C@@H]1O. The Kier molecular flexibility index (Phi) is 5.19. The van der Waals surface area contributed by atoms with Crippen LogP contribution in [0.3, 0.4) is 0 Å². The molecule has 0 radical (unpaired) electrons. The van der Waals surface area contributed by atoms with E-state index in [4.69, 9.17) is 20.4 Å². The first-order valence-electron chi connectivity index (χ1n) is 5.03. The van der Waals surface area contributed by atoms with Crippen molar-refractivity contribution in [2.75, 3.05) is 6.61 Å². The molecule has 0 aromatic carbocycles. The van der Waals surface area contributed by atoms with E-state index >= 15 is 0 Å². The van der Waals surface area contributed by atoms with Crippen LogP contribution in [-0.2, 0) is 4.74 Å². The zero-order valence-electron chi connectivity index (χ0n) is 9.18. The maximum absolute atomic E-state index is 10.2. The monoisotopic (exact) mass is 262 g/mol. The quantitative estimate of drug-likeness (QED) is 0.283. The molecule has 1 saturated heterocycles. The summed E-state index contributed by atoms with van der Waals surface area (Å²) in [5.41, 5.74) is -0.855. The van der Waals surface area contributed by atoms with Gasteiger partial charge in [-0.05, 0) is 0 Å². The highest BCUT2D eigenvalue weighted by molar-refractivity contribution is 4.81. The summed E-state index contributed by atoms with van der Waals surface area (Å²) in [7, 11) is 0. The summed E-state index contributed by atoms with van der Waals surface area (Å²) in [5.74, 6) is 0. The molecule has 18 heavy (non-hydrogen) atoms. The van der Waals surface area contributed by atoms with Crippen LogP contribution in [0.1, 0.15) is 0 Å². The second-order valence-electron chi connectivity index (χ2n) is 3.57. The Morgan fingerprint density at radius 1 is 1.17 bits per heavy atom. The Hall–Kier alpha value is -1.52. The van der Waals surface area contributed by atoms with Gasteiger partial charge in [-0.15, -0.1) is 0 Å². The third-order valence-electron chi connectivity index (χ3n) is 2.16. The van der Waals surface area contributed by atoms with Crippen LogP contribution >= 0.6 is 0 Å². The molecule has 102 valence electrons. The van der Waals surface area contributed by atoms with Gasteiger partial charge in [-0.1, -0.05) is 0 Å². The van der Waals surface area contributed by atoms with Crippen LogP contribution in [0.4, 0.5) is 0 Å². The van der Waals surface area contributed by atoms with E-state index in [1.807, 2.05) is 4.98 Å². The molecule has 9 heteroatoms. The minimum Gasteiger partial charge on any atom is -0.388 e. The van der Waals surface area contributed by atoms with Crippen molar-refractivity contribution in [1.82, 2.24) is 9.97 Å². The van der Waals surface area contributed by atoms with Crippen molar-refractivity contribution >= 4 is 0 Å². The maximum Gasteiger partial charge on any atom is 0.325 e. The Bertz CT molecular complexity index is 431. The molecule has 0 spiro atoms. The van der Waals surface area contributed by atoms with Gasteiger partial charge in [0.2, 0.25) is 0 Å². The summed E-state index contributed by atoms with van der Waals surface area (Å²) in [6, 6.07) is 1.24. The number of nitrogens with one attached hydrogen (secondary N) is 2. The van der Waals surface area contributed by atoms with Gasteiger partial charge in [0.05, 0.1) is 6.61 Å². The number of hydrogen-bond donors (Lipinski definition) is 6. The average Bonchev–Trinajstić information content (AvgIpc) is 2.32. The fraction of sp³-hybridized carbons (Fsp3) is 0.556. The number of hydrogen-bond acceptors (Lipinski definition) is 7. The molecule has 1 aromatic rings. The molecular weight excluding hydrogens is 248 g/mol. The first kappa shape index (κ1) is 14.5. The van der Waals surface area contributed by atoms with Crippen molar-refractivity contribution in [3.8, 4) is 0 Å². The van der Waals surface area contributed by atoms with E-state index in [2.05, 4.69) is 9.72 Å². The zero-order chi connectivity index (χ0) is 13.7. The van der Waals surface area contributed by atoms with Gasteiger partial charge in [0.15, 0.2) is 6.29 Å². The Morgan fingerprint density at radius 2 is 1.83 bits per heavy atom. The molecule has 0 amide bonds. The molecule has 1 fully saturated rings. The second-order valence-corrected chi connectivity index (χ2v) is 3.57. The lowest BCUT2D eigenvalue weighted by Gasteiger charge is -2.31. The van der Waals surface area contributed by atoms with E-state index in [0.717, 1.165) is 0 Å². The molecular formula is C9H14N2O7. The van der Waals surface area contributed by atoms with Crippen LogP contribution in [-0.4, -0.2) is 61.6 Å². The molecule has 1 aromatic heterocycles. The molecule has 0 bridgehead atoms. The molecule has 0 aliphatic carbocycles. The molecule has 4 atom stereocenters. The van der Waals surface area contributed by atoms with Crippen LogP contribution in [0.15, 0.2) is 21.9 Å². The van der Waals surface area contributed by atoms with Crippen molar-refractivity contribution in [1.29, 1.82) is 0 Å². The predicted octanol–water partition coefficient (Wildman–Crippen LogP) is -3.52. The molecule has 1 unspecified atom stereocenters. The standard InChI is InChI=1S/C5H10O5.C4H4N2O2/c6-2-1-10-5(9)4(8)3(2)7;7-3-1-2-5-4(8)6-3/h2-9H,1H2;1-2H,(H2,5,6,7,8)/t2-,3+,4+,5?;/m1./s1. The molecule has 1 aliphatic rings. The third kappa shape index (κ3) is 4.05. The van der Waals surface area contributed by atoms with Gasteiger partial charge in [0, 0.05) is 12.3 Å². The predicted molar refractivity (Wildman–Crippen MR) is 57.7 cm³/mol. The van der Waals surface area contributed by atoms with Crippen molar-refractivity contribution in [2.45, 2.75) is 24.6 Å². The summed E-state index contributed by atoms with van der Waals surface area (Å²) >= 11 is 0. The first-order chi connectivity index (χ1) is 8.41. The Morgan fingerprint density at radius 3 is 2.28 bits per heavy atom. The highest BCUT2D eigenvalue weighted by atomic mass is 16.6. The number of rotatable bonds is 0. The maximum atomic E-state index is 10.2. The Labute approximate surface area is 100 Å². The first-order valence-corrected chi connectivity index (χ1v) is 5.03. The van der Waals surface area contributed by atoms with E-state index in [1.54, 1.807) is 0 Å². The van der Waals surface area contributed by atoms with Gasteiger partial charge in [0.1, 0.15) is 18.3 Å². The summed E-state index contributed by atoms with van der Waals surface area (Å²) in [4.78, 5) is 24.7. The number of aliphatic hydroxyl groups excluding tert-OH is 4. The number of aromatic amines is 2. The van der Waals surface area contributed by atoms with Gasteiger partial charge < -0.3 is 30.1 Å². The smallest absolute Gasteiger partial charge is 0.325 e. The lowest BCUT2D eigenvalue weighted by atomic mass is 10.1. The van der Waals surface area contributed by atoms with Crippen molar-refractivity contribution in [3.63, 3.8) is 0 Å². The molecule has 2 heterocycles. The fourth-order valence-corrected chi connectivity index (χ4v) is 1.17. The molecule has 1 aliphatic heterocycles. The lowest BCUT2D eigenvalue weighted by Crippen LogP contribution is -2.52. The average molecular weight is 262 g/mol. The van der Waals surface area contributed by atoms with Gasteiger partial charge in [0.25, 0.3) is 5.56 Å². The minimum atomic E-state index is -1.41. The highest BCUT2D eigenvalue weighted by Crippen LogP contribution is 2.12. The number of H-pyrrole nitrogens is 2. The fourth-order valence-electron chi connectivity index (χ4n) is 1.17. The molecule has 6 N–H and O–H groups in total. The van der Waals surface area contributed by atoms with Crippen molar-refractivity contribution < 1.29 is 25.2 Å². The van der Waals surface area contributed by atoms with E-state index in [-0.39, 0.29) is 12.2 Å². The largest absolute Gasteiger partial charge is 0.388 e. The zero-order valence-corrected chi connectivity index (χ0v) is 9.18. The number of ether oxygens (including phenoxy) is 1. The summed E-state index contributed by atoms with van der Waals surface area (Å²) in [6.07, 6.45) is -3.94. The molecule has 0 saturated carbocycles. The van der Waals surface area contributed by atoms with Gasteiger partial charge in [-0.25, -0.2) is 4.79 Å². The van der Waals surface area contributed by atoms with Crippen LogP contribution in [0.25, 0.3) is 0 Å². The minimum absolute atomic E-state index is 0.153. The molecule has 9 nitrogen and oxygen atoms in total. The normalized spacial score (nSPS) is 31.3. The van der Waals surface area contributed by atoms with E-state index in [1.165, 1.54) is 12.3 Å². The van der Waals surface area contributed by atoms with Crippen LogP contribution in [0.5, 0.6) is 0 Å². The second kappa shape index (κ2) is 6.42. The number of aromatic nitrogens is 2. The topological polar surface area (TPSA) is 156 Å². The van der Waals surface area contributed by atoms with E-state index < -0.39 is 30.3 Å². The third-order valence-corrected chi connectivity index (χ3v) is 2.16.